The van der Waals surface area contributed by atoms with E-state index >= 15 is 0 Å². The van der Waals surface area contributed by atoms with Crippen LogP contribution in [0.25, 0.3) is 0 Å². The molecule has 0 radical (unpaired) electrons. The van der Waals surface area contributed by atoms with Crippen LogP contribution in [0.5, 0.6) is 0 Å². The third-order valence-electron chi connectivity index (χ3n) is 11.9. The predicted molar refractivity (Wildman–Crippen MR) is 239 cm³/mol. The van der Waals surface area contributed by atoms with Gasteiger partial charge in [0, 0.05) is 0 Å². The molecule has 67 heavy (non-hydrogen) atoms. The van der Waals surface area contributed by atoms with E-state index in [-0.39, 0.29) is 81.6 Å². The summed E-state index contributed by atoms with van der Waals surface area (Å²) in [6.45, 7) is 15.9. The summed E-state index contributed by atoms with van der Waals surface area (Å²) in [4.78, 5) is 51.4. The molecule has 0 aromatic rings. The number of rotatable bonds is 13. The summed E-state index contributed by atoms with van der Waals surface area (Å²) < 4.78 is 13.2. The molecule has 1 heterocycles. The largest absolute Gasteiger partial charge is 2.00 e. The van der Waals surface area contributed by atoms with Crippen molar-refractivity contribution in [1.82, 2.24) is 0 Å². The third kappa shape index (κ3) is 24.8. The van der Waals surface area contributed by atoms with Crippen LogP contribution >= 0.6 is 7.82 Å². The predicted octanol–water partition coefficient (Wildman–Crippen LogP) is -2.17. The van der Waals surface area contributed by atoms with Crippen LogP contribution in [0.4, 0.5) is 0 Å². The number of esters is 1. The molecule has 1 unspecified atom stereocenters. The molecule has 0 spiro atoms. The second-order valence-electron chi connectivity index (χ2n) is 17.2. The summed E-state index contributed by atoms with van der Waals surface area (Å²) in [7, 11) is -4.64. The summed E-state index contributed by atoms with van der Waals surface area (Å²) in [6.07, 6.45) is 6.58. The van der Waals surface area contributed by atoms with E-state index in [9.17, 15) is 29.7 Å². The zero-order valence-electron chi connectivity index (χ0n) is 39.1. The number of carbonyl (C=O) groups excluding carboxylic acids is 3. The average Bonchev–Trinajstić information content (AvgIpc) is 3.72. The van der Waals surface area contributed by atoms with E-state index in [1.54, 1.807) is 5.57 Å². The molecule has 24 heteroatoms. The Morgan fingerprint density at radius 3 is 1.84 bits per heavy atom. The molecule has 13 atom stereocenters. The van der Waals surface area contributed by atoms with Crippen LogP contribution in [0.2, 0.25) is 0 Å². The summed E-state index contributed by atoms with van der Waals surface area (Å²) in [5, 5.41) is 116. The standard InChI is InChI=1S/C28H44O.C6H12O7.C6H8O6.C3H6O3.2Ca.H3O4P/c1-19(2)20(3)9-10-22(5)26-15-16-27-23(8-7-17-28(26,27)6)12-13-24-18-25(29)14-11-21(24)4;7-1-2(8)3(9)4(10)5(11)6(12)13;7-1-2(8)5-3(9)4(10)6(11)12-5;1-2(4)3(5)6;;;1-5(2,3)4/h9-10,12-13,19-20,22,25-27,29H,4,7-8,11,14-18H2,1-3,5-6H3;2-5,7-11H,1H2,(H,12,13);2,5,7-10H,1H2;2,4H,1H3,(H,5,6);;;(H3,1,2,3,4)/q;;;;2*+2;/p-2/t20-,22-,25+,26+,27+,28-;2-,3-,4+,5-;2-,5+;;;;/m010..../s1. The first-order valence-corrected chi connectivity index (χ1v) is 22.7. The van der Waals surface area contributed by atoms with E-state index in [1.165, 1.54) is 43.3 Å². The van der Waals surface area contributed by atoms with E-state index < -0.39 is 93.2 Å². The first-order chi connectivity index (χ1) is 29.8. The summed E-state index contributed by atoms with van der Waals surface area (Å²) in [5.74, 6) is -2.61. The Kier molecular flexibility index (Phi) is 35.2. The van der Waals surface area contributed by atoms with Gasteiger partial charge in [-0.05, 0) is 98.9 Å². The molecule has 21 nitrogen and oxygen atoms in total. The fourth-order valence-electron chi connectivity index (χ4n) is 7.73. The number of fused-ring (bicyclic) bond motifs is 1. The van der Waals surface area contributed by atoms with Gasteiger partial charge in [-0.3, -0.25) is 0 Å². The van der Waals surface area contributed by atoms with Gasteiger partial charge in [0.2, 0.25) is 5.76 Å². The summed E-state index contributed by atoms with van der Waals surface area (Å²) >= 11 is 0. The zero-order chi connectivity index (χ0) is 50.7. The van der Waals surface area contributed by atoms with Crippen molar-refractivity contribution in [3.05, 3.63) is 59.1 Å². The minimum Gasteiger partial charge on any atom is -0.547 e. The maximum atomic E-state index is 10.5. The van der Waals surface area contributed by atoms with E-state index in [1.807, 2.05) is 0 Å². The molecular weight excluding hydrogens is 964 g/mol. The molecule has 0 bridgehead atoms. The van der Waals surface area contributed by atoms with E-state index in [0.29, 0.717) is 17.3 Å². The molecule has 0 aromatic carbocycles. The molecule has 376 valence electrons. The molecule has 0 saturated heterocycles. The minimum absolute atomic E-state index is 0. The van der Waals surface area contributed by atoms with Crippen molar-refractivity contribution in [1.29, 1.82) is 0 Å². The molecule has 3 aliphatic carbocycles. The Balaban J connectivity index is -0.000000898. The van der Waals surface area contributed by atoms with E-state index in [0.717, 1.165) is 43.9 Å². The van der Waals surface area contributed by atoms with Crippen molar-refractivity contribution in [3.8, 4) is 0 Å². The monoisotopic (exact) mass is 1030 g/mol. The SMILES string of the molecule is C=C1CC[C@@H](O)CC1=CC=C1CCC[C@]2(C)[C@@H]1CC[C@@H]2[C@@H](C)C=C[C@H](C)C(C)C.CC(O)C(=O)[O-].O=C([O-])[C@H](O)[C@@H](O)[C@H](O)[C@H](O)CO.O=C1O[C@H]([C@@H](O)CO)C(O)=C1O.O=P(O)(O)O.[Ca+2].[Ca+2]. The van der Waals surface area contributed by atoms with Crippen LogP contribution in [-0.4, -0.2) is 226 Å². The van der Waals surface area contributed by atoms with E-state index in [4.69, 9.17) is 70.3 Å². The van der Waals surface area contributed by atoms with E-state index in [2.05, 4.69) is 70.2 Å². The van der Waals surface area contributed by atoms with Gasteiger partial charge < -0.3 is 95.4 Å². The van der Waals surface area contributed by atoms with Gasteiger partial charge in [-0.2, -0.15) is 0 Å². The van der Waals surface area contributed by atoms with Crippen LogP contribution in [0.1, 0.15) is 92.9 Å². The number of carboxylic acids is 2. The molecule has 4 rings (SSSR count). The van der Waals surface area contributed by atoms with Crippen molar-refractivity contribution in [3.63, 3.8) is 0 Å². The smallest absolute Gasteiger partial charge is 0.547 e. The number of carbonyl (C=O) groups is 3. The molecule has 3 saturated carbocycles. The molecule has 14 N–H and O–H groups in total. The number of cyclic esters (lactones) is 1. The van der Waals surface area contributed by atoms with Gasteiger partial charge in [0.25, 0.3) is 0 Å². The topological polar surface area (TPSA) is 407 Å². The quantitative estimate of drug-likeness (QED) is 0.0404. The number of aliphatic carboxylic acids is 2. The normalized spacial score (nSPS) is 27.2. The fraction of sp³-hybridized carbons (Fsp3) is 0.698. The summed E-state index contributed by atoms with van der Waals surface area (Å²) in [6, 6.07) is 0. The number of carboxylic acid groups (broad SMARTS) is 2. The maximum absolute atomic E-state index is 10.5. The van der Waals surface area contributed by atoms with Crippen LogP contribution in [0.15, 0.2) is 59.1 Å². The Hall–Kier alpha value is -1.02. The minimum atomic E-state index is -4.64. The molecule has 4 aliphatic rings. The van der Waals surface area contributed by atoms with Crippen LogP contribution in [-0.2, 0) is 23.7 Å². The molecular formula is C43H71Ca2O21P+2. The van der Waals surface area contributed by atoms with Gasteiger partial charge in [-0.25, -0.2) is 9.36 Å². The van der Waals surface area contributed by atoms with Crippen molar-refractivity contribution in [2.45, 2.75) is 142 Å². The number of hydrogen-bond donors (Lipinski definition) is 14. The molecule has 1 aliphatic heterocycles. The Morgan fingerprint density at radius 2 is 1.40 bits per heavy atom. The van der Waals surface area contributed by atoms with Crippen molar-refractivity contribution >= 4 is 101 Å². The number of hydrogen-bond acceptors (Lipinski definition) is 18. The first-order valence-electron chi connectivity index (χ1n) is 21.1. The summed E-state index contributed by atoms with van der Waals surface area (Å²) in [5.41, 5.74) is 4.61. The second-order valence-corrected chi connectivity index (χ2v) is 18.2. The van der Waals surface area contributed by atoms with Crippen LogP contribution in [0.3, 0.4) is 0 Å². The Labute approximate surface area is 451 Å². The van der Waals surface area contributed by atoms with Crippen LogP contribution in [0, 0.1) is 35.0 Å². The molecule has 0 amide bonds. The van der Waals surface area contributed by atoms with Crippen molar-refractivity contribution in [2.24, 2.45) is 35.0 Å². The number of phosphoric acid groups is 1. The number of allylic oxidation sites excluding steroid dienone is 6. The second kappa shape index (κ2) is 33.6. The Bertz CT molecular complexity index is 1710. The van der Waals surface area contributed by atoms with Gasteiger partial charge >= 0.3 is 89.3 Å². The van der Waals surface area contributed by atoms with Crippen molar-refractivity contribution in [2.75, 3.05) is 13.2 Å². The number of aliphatic hydroxyl groups is 11. The van der Waals surface area contributed by atoms with Gasteiger partial charge in [-0.15, -0.1) is 0 Å². The molecule has 0 aromatic heterocycles. The van der Waals surface area contributed by atoms with Gasteiger partial charge in [0.1, 0.15) is 30.5 Å². The van der Waals surface area contributed by atoms with Gasteiger partial charge in [0.05, 0.1) is 37.4 Å². The Morgan fingerprint density at radius 1 is 0.866 bits per heavy atom. The molecule has 3 fully saturated rings. The average molecular weight is 1040 g/mol. The van der Waals surface area contributed by atoms with Crippen LogP contribution < -0.4 is 10.2 Å². The first kappa shape index (κ1) is 70.2. The maximum Gasteiger partial charge on any atom is 2.00 e. The zero-order valence-corrected chi connectivity index (χ0v) is 44.4. The third-order valence-corrected chi connectivity index (χ3v) is 11.9. The van der Waals surface area contributed by atoms with Gasteiger partial charge in [-0.1, -0.05) is 76.6 Å². The van der Waals surface area contributed by atoms with Crippen molar-refractivity contribution < 1.29 is 105 Å². The number of aliphatic hydroxyl groups excluding tert-OH is 11. The van der Waals surface area contributed by atoms with Gasteiger partial charge in [0.15, 0.2) is 11.9 Å². The number of ether oxygens (including phenoxy) is 1. The fourth-order valence-corrected chi connectivity index (χ4v) is 7.73.